The van der Waals surface area contributed by atoms with Gasteiger partial charge in [0.25, 0.3) is 5.91 Å². The van der Waals surface area contributed by atoms with Gasteiger partial charge in [0.15, 0.2) is 0 Å². The molecule has 0 bridgehead atoms. The first kappa shape index (κ1) is 24.3. The molecule has 0 radical (unpaired) electrons. The van der Waals surface area contributed by atoms with Crippen LogP contribution in [0.15, 0.2) is 29.6 Å². The Hall–Kier alpha value is -1.67. The summed E-state index contributed by atoms with van der Waals surface area (Å²) >= 11 is 1.61. The van der Waals surface area contributed by atoms with Crippen molar-refractivity contribution in [2.24, 2.45) is 5.73 Å². The second-order valence-corrected chi connectivity index (χ2v) is 6.41. The zero-order valence-corrected chi connectivity index (χ0v) is 16.9. The van der Waals surface area contributed by atoms with Crippen LogP contribution >= 0.6 is 36.2 Å². The number of hydrogen-bond donors (Lipinski definition) is 3. The van der Waals surface area contributed by atoms with Crippen LogP contribution in [-0.4, -0.2) is 29.9 Å². The van der Waals surface area contributed by atoms with Crippen molar-refractivity contribution in [2.75, 3.05) is 18.4 Å². The fourth-order valence-corrected chi connectivity index (χ4v) is 2.88. The lowest BCUT2D eigenvalue weighted by atomic mass is 10.1. The number of nitrogens with two attached hydrogens (primary N) is 1. The summed E-state index contributed by atoms with van der Waals surface area (Å²) in [4.78, 5) is 28.6. The summed E-state index contributed by atoms with van der Waals surface area (Å²) in [7, 11) is 0. The van der Waals surface area contributed by atoms with Crippen LogP contribution in [0.25, 0.3) is 0 Å². The standard InChI is InChI=1S/C17H22N4O2S.2ClH/c1-12-20-13(11-24-12)5-4-8-16(22)21-15-7-3-2-6-14(15)17(23)19-10-9-18;;/h2-3,6-7,11H,4-5,8-10,18H2,1H3,(H,19,23)(H,21,22);2*1H. The SMILES string of the molecule is Cc1nc(CCCC(=O)Nc2ccccc2C(=O)NCCN)cs1.Cl.Cl. The van der Waals surface area contributed by atoms with Gasteiger partial charge in [0, 0.05) is 24.9 Å². The van der Waals surface area contributed by atoms with Crippen LogP contribution in [0.5, 0.6) is 0 Å². The minimum atomic E-state index is -0.241. The van der Waals surface area contributed by atoms with Crippen LogP contribution in [0.2, 0.25) is 0 Å². The number of amides is 2. The molecule has 0 aliphatic rings. The first-order chi connectivity index (χ1) is 11.6. The van der Waals surface area contributed by atoms with Gasteiger partial charge in [-0.15, -0.1) is 36.2 Å². The third-order valence-electron chi connectivity index (χ3n) is 3.38. The maximum absolute atomic E-state index is 12.1. The van der Waals surface area contributed by atoms with Crippen molar-refractivity contribution >= 4 is 53.7 Å². The van der Waals surface area contributed by atoms with E-state index in [-0.39, 0.29) is 36.6 Å². The van der Waals surface area contributed by atoms with Crippen molar-refractivity contribution in [1.29, 1.82) is 0 Å². The molecule has 2 rings (SSSR count). The molecule has 144 valence electrons. The topological polar surface area (TPSA) is 97.1 Å². The Morgan fingerprint density at radius 2 is 1.96 bits per heavy atom. The first-order valence-corrected chi connectivity index (χ1v) is 8.76. The number of anilines is 1. The summed E-state index contributed by atoms with van der Waals surface area (Å²) < 4.78 is 0. The highest BCUT2D eigenvalue weighted by molar-refractivity contribution is 7.09. The normalized spacial score (nSPS) is 9.62. The Morgan fingerprint density at radius 3 is 2.62 bits per heavy atom. The highest BCUT2D eigenvalue weighted by Crippen LogP contribution is 2.16. The van der Waals surface area contributed by atoms with E-state index < -0.39 is 0 Å². The number of rotatable bonds is 8. The molecule has 0 spiro atoms. The van der Waals surface area contributed by atoms with Crippen molar-refractivity contribution < 1.29 is 9.59 Å². The molecule has 0 saturated carbocycles. The van der Waals surface area contributed by atoms with Gasteiger partial charge in [-0.2, -0.15) is 0 Å². The average Bonchev–Trinajstić information content (AvgIpc) is 2.98. The van der Waals surface area contributed by atoms with Gasteiger partial charge in [-0.1, -0.05) is 12.1 Å². The summed E-state index contributed by atoms with van der Waals surface area (Å²) in [6.07, 6.45) is 1.88. The number of thiazole rings is 1. The number of carbonyl (C=O) groups is 2. The van der Waals surface area contributed by atoms with Crippen molar-refractivity contribution in [3.05, 3.63) is 45.9 Å². The number of nitrogens with one attached hydrogen (secondary N) is 2. The van der Waals surface area contributed by atoms with E-state index in [4.69, 9.17) is 5.73 Å². The summed E-state index contributed by atoms with van der Waals surface area (Å²) in [6, 6.07) is 6.95. The van der Waals surface area contributed by atoms with Gasteiger partial charge < -0.3 is 16.4 Å². The van der Waals surface area contributed by atoms with Crippen molar-refractivity contribution in [3.8, 4) is 0 Å². The van der Waals surface area contributed by atoms with Gasteiger partial charge in [-0.3, -0.25) is 9.59 Å². The monoisotopic (exact) mass is 418 g/mol. The lowest BCUT2D eigenvalue weighted by Gasteiger charge is -2.11. The van der Waals surface area contributed by atoms with E-state index in [2.05, 4.69) is 15.6 Å². The van der Waals surface area contributed by atoms with E-state index in [1.54, 1.807) is 35.6 Å². The Kier molecular flexibility index (Phi) is 11.8. The van der Waals surface area contributed by atoms with Gasteiger partial charge in [0.2, 0.25) is 5.91 Å². The van der Waals surface area contributed by atoms with Crippen LogP contribution in [-0.2, 0) is 11.2 Å². The molecule has 2 aromatic rings. The summed E-state index contributed by atoms with van der Waals surface area (Å²) in [6.45, 7) is 2.73. The third kappa shape index (κ3) is 7.70. The molecule has 0 saturated heterocycles. The molecule has 6 nitrogen and oxygen atoms in total. The van der Waals surface area contributed by atoms with E-state index in [0.717, 1.165) is 23.5 Å². The molecule has 0 aliphatic carbocycles. The van der Waals surface area contributed by atoms with E-state index in [1.165, 1.54) is 0 Å². The molecule has 1 heterocycles. The minimum Gasteiger partial charge on any atom is -0.351 e. The quantitative estimate of drug-likeness (QED) is 0.613. The predicted octanol–water partition coefficient (Wildman–Crippen LogP) is 2.95. The van der Waals surface area contributed by atoms with Gasteiger partial charge >= 0.3 is 0 Å². The number of nitrogens with zero attached hydrogens (tertiary/aromatic N) is 1. The Morgan fingerprint density at radius 1 is 1.23 bits per heavy atom. The van der Waals surface area contributed by atoms with Crippen molar-refractivity contribution in [1.82, 2.24) is 10.3 Å². The third-order valence-corrected chi connectivity index (χ3v) is 4.20. The molecule has 1 aromatic carbocycles. The average molecular weight is 419 g/mol. The number of halogens is 2. The van der Waals surface area contributed by atoms with E-state index >= 15 is 0 Å². The van der Waals surface area contributed by atoms with Gasteiger partial charge in [0.1, 0.15) is 0 Å². The first-order valence-electron chi connectivity index (χ1n) is 7.88. The second-order valence-electron chi connectivity index (χ2n) is 5.35. The number of carbonyl (C=O) groups excluding carboxylic acids is 2. The molecule has 9 heteroatoms. The molecular weight excluding hydrogens is 395 g/mol. The largest absolute Gasteiger partial charge is 0.351 e. The lowest BCUT2D eigenvalue weighted by molar-refractivity contribution is -0.116. The summed E-state index contributed by atoms with van der Waals surface area (Å²) in [5, 5.41) is 8.57. The molecule has 2 amide bonds. The van der Waals surface area contributed by atoms with Crippen molar-refractivity contribution in [2.45, 2.75) is 26.2 Å². The smallest absolute Gasteiger partial charge is 0.253 e. The lowest BCUT2D eigenvalue weighted by Crippen LogP contribution is -2.29. The Labute approximate surface area is 169 Å². The fraction of sp³-hybridized carbons (Fsp3) is 0.353. The van der Waals surface area contributed by atoms with E-state index in [0.29, 0.717) is 30.8 Å². The Bertz CT molecular complexity index is 710. The van der Waals surface area contributed by atoms with Crippen molar-refractivity contribution in [3.63, 3.8) is 0 Å². The molecule has 1 aromatic heterocycles. The van der Waals surface area contributed by atoms with Gasteiger partial charge in [0.05, 0.1) is 22.0 Å². The summed E-state index contributed by atoms with van der Waals surface area (Å²) in [5.74, 6) is -0.352. The molecular formula is C17H24Cl2N4O2S. The number of aromatic nitrogens is 1. The maximum Gasteiger partial charge on any atom is 0.253 e. The number of benzene rings is 1. The van der Waals surface area contributed by atoms with Crippen LogP contribution in [0, 0.1) is 6.92 Å². The molecule has 4 N–H and O–H groups in total. The minimum absolute atomic E-state index is 0. The zero-order chi connectivity index (χ0) is 17.4. The highest BCUT2D eigenvalue weighted by Gasteiger charge is 2.12. The predicted molar refractivity (Wildman–Crippen MR) is 111 cm³/mol. The van der Waals surface area contributed by atoms with Crippen LogP contribution in [0.3, 0.4) is 0 Å². The van der Waals surface area contributed by atoms with Crippen LogP contribution in [0.4, 0.5) is 5.69 Å². The highest BCUT2D eigenvalue weighted by atomic mass is 35.5. The maximum atomic E-state index is 12.1. The van der Waals surface area contributed by atoms with E-state index in [9.17, 15) is 9.59 Å². The van der Waals surface area contributed by atoms with Crippen LogP contribution in [0.1, 0.15) is 33.9 Å². The van der Waals surface area contributed by atoms with Crippen LogP contribution < -0.4 is 16.4 Å². The molecule has 0 unspecified atom stereocenters. The number of hydrogen-bond acceptors (Lipinski definition) is 5. The summed E-state index contributed by atoms with van der Waals surface area (Å²) in [5.41, 5.74) is 7.36. The van der Waals surface area contributed by atoms with Gasteiger partial charge in [-0.05, 0) is 31.9 Å². The fourth-order valence-electron chi connectivity index (χ4n) is 2.24. The number of para-hydroxylation sites is 1. The van der Waals surface area contributed by atoms with Gasteiger partial charge in [-0.25, -0.2) is 4.98 Å². The zero-order valence-electron chi connectivity index (χ0n) is 14.5. The molecule has 0 atom stereocenters. The molecule has 0 fully saturated rings. The number of aryl methyl sites for hydroxylation is 2. The van der Waals surface area contributed by atoms with E-state index in [1.807, 2.05) is 12.3 Å². The molecule has 26 heavy (non-hydrogen) atoms. The molecule has 0 aliphatic heterocycles. The second kappa shape index (κ2) is 12.6. The Balaban J connectivity index is 0.00000312.